The normalized spacial score (nSPS) is 11.2. The van der Waals surface area contributed by atoms with E-state index in [0.717, 1.165) is 45.3 Å². The number of nitrogens with zero attached hydrogens (tertiary/aromatic N) is 2. The molecule has 74 heavy (non-hydrogen) atoms. The lowest BCUT2D eigenvalue weighted by Crippen LogP contribution is -2.11. The summed E-state index contributed by atoms with van der Waals surface area (Å²) < 4.78 is 0. The van der Waals surface area contributed by atoms with Crippen LogP contribution in [0.2, 0.25) is 0 Å². The molecule has 348 valence electrons. The van der Waals surface area contributed by atoms with Crippen LogP contribution < -0.4 is 9.80 Å². The van der Waals surface area contributed by atoms with Gasteiger partial charge in [0.05, 0.1) is 0 Å². The maximum atomic E-state index is 2.42. The molecule has 1 aliphatic rings. The molecule has 0 bridgehead atoms. The summed E-state index contributed by atoms with van der Waals surface area (Å²) in [6.45, 7) is 0. The fraction of sp³-hybridized carbons (Fsp3) is 0. The van der Waals surface area contributed by atoms with Crippen molar-refractivity contribution in [2.45, 2.75) is 0 Å². The molecule has 2 nitrogen and oxygen atoms in total. The summed E-state index contributed by atoms with van der Waals surface area (Å²) in [6, 6.07) is 110. The van der Waals surface area contributed by atoms with Gasteiger partial charge in [0.1, 0.15) is 0 Å². The largest absolute Gasteiger partial charge is 0.310 e. The van der Waals surface area contributed by atoms with Gasteiger partial charge in [-0.25, -0.2) is 0 Å². The number of hydrogen-bond donors (Lipinski definition) is 0. The highest BCUT2D eigenvalue weighted by Crippen LogP contribution is 2.51. The topological polar surface area (TPSA) is 6.48 Å². The maximum absolute atomic E-state index is 2.42. The highest BCUT2D eigenvalue weighted by atomic mass is 15.1. The average Bonchev–Trinajstić information content (AvgIpc) is 3.49. The first-order valence-electron chi connectivity index (χ1n) is 25.4. The Kier molecular flexibility index (Phi) is 11.6. The van der Waals surface area contributed by atoms with E-state index in [9.17, 15) is 0 Å². The monoisotopic (exact) mass is 942 g/mol. The van der Waals surface area contributed by atoms with E-state index in [-0.39, 0.29) is 0 Å². The summed E-state index contributed by atoms with van der Waals surface area (Å²) in [4.78, 5) is 4.81. The number of fused-ring (bicyclic) bond motifs is 8. The van der Waals surface area contributed by atoms with Crippen molar-refractivity contribution in [3.05, 3.63) is 303 Å². The van der Waals surface area contributed by atoms with Crippen molar-refractivity contribution in [3.8, 4) is 89.0 Å². The second-order valence-corrected chi connectivity index (χ2v) is 18.9. The minimum atomic E-state index is 1.07. The van der Waals surface area contributed by atoms with Gasteiger partial charge >= 0.3 is 0 Å². The minimum absolute atomic E-state index is 1.07. The molecule has 0 N–H and O–H groups in total. The molecule has 13 rings (SSSR count). The Bertz CT molecular complexity index is 3460. The van der Waals surface area contributed by atoms with Gasteiger partial charge in [0.25, 0.3) is 0 Å². The molecule has 0 spiro atoms. The predicted molar refractivity (Wildman–Crippen MR) is 313 cm³/mol. The second kappa shape index (κ2) is 19.4. The number of anilines is 6. The summed E-state index contributed by atoms with van der Waals surface area (Å²) in [6.07, 6.45) is 0. The van der Waals surface area contributed by atoms with E-state index in [1.807, 2.05) is 0 Å². The van der Waals surface area contributed by atoms with E-state index in [2.05, 4.69) is 313 Å². The Balaban J connectivity index is 1.01. The Morgan fingerprint density at radius 2 is 0.324 bits per heavy atom. The highest BCUT2D eigenvalue weighted by Gasteiger charge is 2.26. The van der Waals surface area contributed by atoms with Gasteiger partial charge in [-0.2, -0.15) is 0 Å². The van der Waals surface area contributed by atoms with Crippen LogP contribution in [-0.4, -0.2) is 0 Å². The molecule has 12 aromatic rings. The summed E-state index contributed by atoms with van der Waals surface area (Å²) >= 11 is 0. The Morgan fingerprint density at radius 1 is 0.135 bits per heavy atom. The molecular formula is C72H50N2. The molecule has 12 aromatic carbocycles. The summed E-state index contributed by atoms with van der Waals surface area (Å²) in [5.74, 6) is 0. The molecule has 0 aliphatic heterocycles. The van der Waals surface area contributed by atoms with E-state index in [1.54, 1.807) is 0 Å². The molecule has 0 saturated heterocycles. The summed E-state index contributed by atoms with van der Waals surface area (Å²) in [5, 5.41) is 0. The summed E-state index contributed by atoms with van der Waals surface area (Å²) in [7, 11) is 0. The number of rotatable bonds is 10. The van der Waals surface area contributed by atoms with Gasteiger partial charge < -0.3 is 9.80 Å². The molecule has 0 heterocycles. The zero-order valence-corrected chi connectivity index (χ0v) is 40.8. The molecule has 0 atom stereocenters. The van der Waals surface area contributed by atoms with Crippen molar-refractivity contribution >= 4 is 34.1 Å². The van der Waals surface area contributed by atoms with Crippen LogP contribution >= 0.6 is 0 Å². The van der Waals surface area contributed by atoms with E-state index in [4.69, 9.17) is 0 Å². The van der Waals surface area contributed by atoms with Crippen molar-refractivity contribution in [1.29, 1.82) is 0 Å². The van der Waals surface area contributed by atoms with Gasteiger partial charge in [-0.15, -0.1) is 0 Å². The molecule has 0 radical (unpaired) electrons. The van der Waals surface area contributed by atoms with Crippen LogP contribution in [0.15, 0.2) is 303 Å². The highest BCUT2D eigenvalue weighted by molar-refractivity contribution is 6.05. The molecule has 0 amide bonds. The van der Waals surface area contributed by atoms with Crippen molar-refractivity contribution < 1.29 is 0 Å². The van der Waals surface area contributed by atoms with Crippen molar-refractivity contribution in [2.24, 2.45) is 0 Å². The first-order chi connectivity index (χ1) is 36.7. The van der Waals surface area contributed by atoms with Crippen LogP contribution in [0.3, 0.4) is 0 Å². The van der Waals surface area contributed by atoms with Gasteiger partial charge in [0, 0.05) is 34.1 Å². The zero-order chi connectivity index (χ0) is 49.2. The van der Waals surface area contributed by atoms with Gasteiger partial charge in [0.2, 0.25) is 0 Å². The third kappa shape index (κ3) is 8.45. The van der Waals surface area contributed by atoms with Crippen LogP contribution in [0.25, 0.3) is 89.0 Å². The predicted octanol–water partition coefficient (Wildman–Crippen LogP) is 20.3. The van der Waals surface area contributed by atoms with E-state index in [1.165, 1.54) is 77.9 Å². The third-order valence-corrected chi connectivity index (χ3v) is 14.5. The molecule has 1 aliphatic carbocycles. The van der Waals surface area contributed by atoms with Crippen LogP contribution in [0.5, 0.6) is 0 Å². The van der Waals surface area contributed by atoms with E-state index in [0.29, 0.717) is 0 Å². The lowest BCUT2D eigenvalue weighted by atomic mass is 9.80. The Labute approximate surface area is 434 Å². The van der Waals surface area contributed by atoms with Crippen molar-refractivity contribution in [3.63, 3.8) is 0 Å². The number of hydrogen-bond acceptors (Lipinski definition) is 2. The minimum Gasteiger partial charge on any atom is -0.310 e. The van der Waals surface area contributed by atoms with Gasteiger partial charge in [-0.1, -0.05) is 231 Å². The molecule has 2 heteroatoms. The van der Waals surface area contributed by atoms with Crippen LogP contribution in [0.4, 0.5) is 34.1 Å². The second-order valence-electron chi connectivity index (χ2n) is 18.9. The van der Waals surface area contributed by atoms with Gasteiger partial charge in [-0.3, -0.25) is 0 Å². The quantitative estimate of drug-likeness (QED) is 0.135. The van der Waals surface area contributed by atoms with Crippen LogP contribution in [0.1, 0.15) is 0 Å². The SMILES string of the molecule is c1ccc(-c2ccc(N(c3ccc(-c4ccccc4)cc3)c3ccc4c(c3)-c3cc(N(c5ccc(-c6ccccc6)cc5)c5ccc(-c6ccccc6)cc5)ccc3-c3ccccc3-c3ccccc3-4)cc2)cc1. The summed E-state index contributed by atoms with van der Waals surface area (Å²) in [5.41, 5.74) is 25.4. The third-order valence-electron chi connectivity index (χ3n) is 14.5. The van der Waals surface area contributed by atoms with Crippen LogP contribution in [0, 0.1) is 0 Å². The van der Waals surface area contributed by atoms with Gasteiger partial charge in [-0.05, 0) is 162 Å². The first-order valence-corrected chi connectivity index (χ1v) is 25.4. The fourth-order valence-electron chi connectivity index (χ4n) is 10.8. The zero-order valence-electron chi connectivity index (χ0n) is 40.8. The Hall–Kier alpha value is -9.76. The van der Waals surface area contributed by atoms with Gasteiger partial charge in [0.15, 0.2) is 0 Å². The fourth-order valence-corrected chi connectivity index (χ4v) is 10.8. The van der Waals surface area contributed by atoms with E-state index >= 15 is 0 Å². The maximum Gasteiger partial charge on any atom is 0.0468 e. The molecule has 0 fully saturated rings. The van der Waals surface area contributed by atoms with Crippen LogP contribution in [-0.2, 0) is 0 Å². The standard InChI is InChI=1S/C72H50N2/c1-5-17-51(18-6-1)55-29-37-59(38-30-55)73(60-39-31-56(32-40-60)52-19-7-2-8-20-52)63-45-47-69-67-27-15-13-25-65(67)66-26-14-16-28-68(66)70-48-46-64(50-72(70)71(69)49-63)74(61-41-33-57(34-42-61)53-21-9-3-10-22-53)62-43-35-58(36-44-62)54-23-11-4-12-24-54/h1-50H. The lowest BCUT2D eigenvalue weighted by Gasteiger charge is -2.30. The molecule has 0 unspecified atom stereocenters. The number of benzene rings is 12. The molecular weight excluding hydrogens is 893 g/mol. The Morgan fingerprint density at radius 3 is 0.568 bits per heavy atom. The first kappa shape index (κ1) is 44.2. The van der Waals surface area contributed by atoms with Crippen molar-refractivity contribution in [2.75, 3.05) is 9.80 Å². The lowest BCUT2D eigenvalue weighted by molar-refractivity contribution is 1.28. The van der Waals surface area contributed by atoms with Crippen molar-refractivity contribution in [1.82, 2.24) is 0 Å². The average molecular weight is 943 g/mol. The molecule has 0 aromatic heterocycles. The molecule has 0 saturated carbocycles. The van der Waals surface area contributed by atoms with E-state index < -0.39 is 0 Å². The smallest absolute Gasteiger partial charge is 0.0468 e.